The second kappa shape index (κ2) is 8.00. The predicted octanol–water partition coefficient (Wildman–Crippen LogP) is 3.00. The first-order chi connectivity index (χ1) is 11.0. The van der Waals surface area contributed by atoms with Crippen LogP contribution in [-0.2, 0) is 4.79 Å². The van der Waals surface area contributed by atoms with Crippen LogP contribution in [0.2, 0.25) is 0 Å². The molecule has 118 valence electrons. The monoisotopic (exact) mass is 333 g/mol. The molecule has 2 rings (SSSR count). The van der Waals surface area contributed by atoms with Gasteiger partial charge in [0.2, 0.25) is 0 Å². The highest BCUT2D eigenvalue weighted by Gasteiger charge is 2.03. The Morgan fingerprint density at radius 3 is 2.57 bits per heavy atom. The van der Waals surface area contributed by atoms with Gasteiger partial charge in [0.1, 0.15) is 11.6 Å². The lowest BCUT2D eigenvalue weighted by Gasteiger charge is -2.10. The topological polar surface area (TPSA) is 53.2 Å². The molecule has 4 nitrogen and oxygen atoms in total. The van der Waals surface area contributed by atoms with Gasteiger partial charge in [-0.15, -0.1) is 0 Å². The zero-order valence-corrected chi connectivity index (χ0v) is 12.7. The molecule has 2 aromatic rings. The molecule has 0 atom stereocenters. The Balaban J connectivity index is 1.82. The van der Waals surface area contributed by atoms with Crippen LogP contribution in [0.3, 0.4) is 0 Å². The number of nitrogens with one attached hydrogen (secondary N) is 3. The molecule has 0 unspecified atom stereocenters. The summed E-state index contributed by atoms with van der Waals surface area (Å²) in [6.07, 6.45) is 2.67. The lowest BCUT2D eigenvalue weighted by Crippen LogP contribution is -2.43. The maximum absolute atomic E-state index is 13.4. The van der Waals surface area contributed by atoms with Crippen molar-refractivity contribution in [2.45, 2.75) is 0 Å². The number of hydrazine groups is 1. The van der Waals surface area contributed by atoms with Crippen LogP contribution in [0.5, 0.6) is 0 Å². The number of rotatable bonds is 3. The van der Waals surface area contributed by atoms with Crippen LogP contribution >= 0.6 is 12.2 Å². The molecule has 0 aromatic heterocycles. The third kappa shape index (κ3) is 5.48. The van der Waals surface area contributed by atoms with Gasteiger partial charge in [0, 0.05) is 6.08 Å². The molecule has 0 saturated carbocycles. The molecule has 23 heavy (non-hydrogen) atoms. The Bertz CT molecular complexity index is 750. The third-order valence-electron chi connectivity index (χ3n) is 2.70. The van der Waals surface area contributed by atoms with E-state index in [1.807, 2.05) is 0 Å². The van der Waals surface area contributed by atoms with Crippen molar-refractivity contribution in [3.8, 4) is 0 Å². The van der Waals surface area contributed by atoms with Crippen LogP contribution in [0.1, 0.15) is 5.56 Å². The molecule has 0 aliphatic rings. The van der Waals surface area contributed by atoms with E-state index in [0.29, 0.717) is 5.56 Å². The third-order valence-corrected chi connectivity index (χ3v) is 2.90. The molecule has 0 aliphatic heterocycles. The number of halogens is 2. The molecule has 2 aromatic carbocycles. The molecule has 0 radical (unpaired) electrons. The number of hydrogen-bond acceptors (Lipinski definition) is 2. The van der Waals surface area contributed by atoms with Crippen LogP contribution in [0.25, 0.3) is 6.08 Å². The van der Waals surface area contributed by atoms with E-state index in [0.717, 1.165) is 0 Å². The largest absolute Gasteiger partial charge is 0.329 e. The summed E-state index contributed by atoms with van der Waals surface area (Å²) in [5.74, 6) is -1.35. The van der Waals surface area contributed by atoms with Crippen molar-refractivity contribution < 1.29 is 13.6 Å². The summed E-state index contributed by atoms with van der Waals surface area (Å²) in [4.78, 5) is 11.6. The fraction of sp³-hybridized carbons (Fsp3) is 0. The molecule has 0 bridgehead atoms. The van der Waals surface area contributed by atoms with Crippen molar-refractivity contribution in [3.63, 3.8) is 0 Å². The van der Waals surface area contributed by atoms with Crippen LogP contribution in [-0.4, -0.2) is 11.0 Å². The number of para-hydroxylation sites is 1. The maximum Gasteiger partial charge on any atom is 0.262 e. The zero-order chi connectivity index (χ0) is 16.7. The van der Waals surface area contributed by atoms with Crippen molar-refractivity contribution in [1.82, 2.24) is 10.9 Å². The molecular weight excluding hydrogens is 320 g/mol. The second-order valence-corrected chi connectivity index (χ2v) is 4.84. The predicted molar refractivity (Wildman–Crippen MR) is 89.3 cm³/mol. The SMILES string of the molecule is O=C(/C=C/c1cccc(F)c1)NNC(=S)Nc1ccccc1F. The smallest absolute Gasteiger partial charge is 0.262 e. The van der Waals surface area contributed by atoms with Crippen molar-refractivity contribution in [2.24, 2.45) is 0 Å². The molecule has 0 spiro atoms. The molecule has 0 saturated heterocycles. The van der Waals surface area contributed by atoms with Gasteiger partial charge in [-0.3, -0.25) is 15.6 Å². The van der Waals surface area contributed by atoms with E-state index in [4.69, 9.17) is 12.2 Å². The minimum absolute atomic E-state index is 0.0302. The maximum atomic E-state index is 13.4. The Labute approximate surface area is 137 Å². The van der Waals surface area contributed by atoms with Gasteiger partial charge in [0.25, 0.3) is 5.91 Å². The number of anilines is 1. The summed E-state index contributed by atoms with van der Waals surface area (Å²) in [5, 5.41) is 2.63. The van der Waals surface area contributed by atoms with E-state index in [1.165, 1.54) is 36.4 Å². The summed E-state index contributed by atoms with van der Waals surface area (Å²) < 4.78 is 26.4. The summed E-state index contributed by atoms with van der Waals surface area (Å²) in [6.45, 7) is 0. The average Bonchev–Trinajstić information content (AvgIpc) is 2.53. The van der Waals surface area contributed by atoms with E-state index in [-0.39, 0.29) is 16.6 Å². The van der Waals surface area contributed by atoms with Crippen LogP contribution < -0.4 is 16.2 Å². The van der Waals surface area contributed by atoms with E-state index in [1.54, 1.807) is 24.3 Å². The minimum atomic E-state index is -0.494. The fourth-order valence-electron chi connectivity index (χ4n) is 1.66. The molecule has 0 heterocycles. The summed E-state index contributed by atoms with van der Waals surface area (Å²) >= 11 is 4.93. The van der Waals surface area contributed by atoms with Gasteiger partial charge in [-0.25, -0.2) is 8.78 Å². The lowest BCUT2D eigenvalue weighted by atomic mass is 10.2. The minimum Gasteiger partial charge on any atom is -0.329 e. The number of amides is 1. The van der Waals surface area contributed by atoms with Gasteiger partial charge in [-0.2, -0.15) is 0 Å². The quantitative estimate of drug-likeness (QED) is 0.459. The Hall–Kier alpha value is -2.80. The summed E-state index contributed by atoms with van der Waals surface area (Å²) in [5.41, 5.74) is 5.48. The van der Waals surface area contributed by atoms with Crippen LogP contribution in [0.4, 0.5) is 14.5 Å². The highest BCUT2D eigenvalue weighted by molar-refractivity contribution is 7.80. The van der Waals surface area contributed by atoms with E-state index in [2.05, 4.69) is 16.2 Å². The highest BCUT2D eigenvalue weighted by atomic mass is 32.1. The second-order valence-electron chi connectivity index (χ2n) is 4.44. The molecule has 1 amide bonds. The van der Waals surface area contributed by atoms with Gasteiger partial charge >= 0.3 is 0 Å². The van der Waals surface area contributed by atoms with Gasteiger partial charge in [0.15, 0.2) is 5.11 Å². The first-order valence-electron chi connectivity index (χ1n) is 6.60. The van der Waals surface area contributed by atoms with Gasteiger partial charge < -0.3 is 5.32 Å². The first kappa shape index (κ1) is 16.6. The fourth-order valence-corrected chi connectivity index (χ4v) is 1.82. The zero-order valence-electron chi connectivity index (χ0n) is 11.8. The van der Waals surface area contributed by atoms with Crippen LogP contribution in [0.15, 0.2) is 54.6 Å². The summed E-state index contributed by atoms with van der Waals surface area (Å²) in [7, 11) is 0. The van der Waals surface area contributed by atoms with E-state index < -0.39 is 11.7 Å². The van der Waals surface area contributed by atoms with Crippen molar-refractivity contribution in [2.75, 3.05) is 5.32 Å². The van der Waals surface area contributed by atoms with E-state index in [9.17, 15) is 13.6 Å². The number of thiocarbonyl (C=S) groups is 1. The highest BCUT2D eigenvalue weighted by Crippen LogP contribution is 2.11. The molecule has 7 heteroatoms. The number of benzene rings is 2. The van der Waals surface area contributed by atoms with Crippen molar-refractivity contribution in [1.29, 1.82) is 0 Å². The van der Waals surface area contributed by atoms with Crippen molar-refractivity contribution >= 4 is 35.0 Å². The lowest BCUT2D eigenvalue weighted by molar-refractivity contribution is -0.116. The Morgan fingerprint density at radius 1 is 1.04 bits per heavy atom. The Morgan fingerprint density at radius 2 is 1.83 bits per heavy atom. The Kier molecular flexibility index (Phi) is 5.76. The van der Waals surface area contributed by atoms with Crippen molar-refractivity contribution in [3.05, 3.63) is 71.8 Å². The number of carbonyl (C=O) groups is 1. The molecule has 3 N–H and O–H groups in total. The van der Waals surface area contributed by atoms with Gasteiger partial charge in [0.05, 0.1) is 5.69 Å². The summed E-state index contributed by atoms with van der Waals surface area (Å²) in [6, 6.07) is 11.8. The first-order valence-corrected chi connectivity index (χ1v) is 7.00. The average molecular weight is 333 g/mol. The molecule has 0 fully saturated rings. The van der Waals surface area contributed by atoms with Gasteiger partial charge in [-0.05, 0) is 48.1 Å². The van der Waals surface area contributed by atoms with Crippen LogP contribution in [0, 0.1) is 11.6 Å². The normalized spacial score (nSPS) is 10.3. The number of carbonyl (C=O) groups excluding carboxylic acids is 1. The van der Waals surface area contributed by atoms with Gasteiger partial charge in [-0.1, -0.05) is 24.3 Å². The number of hydrogen-bond donors (Lipinski definition) is 3. The standard InChI is InChI=1S/C16H13F2N3OS/c17-12-5-3-4-11(10-12)8-9-15(22)20-21-16(23)19-14-7-2-1-6-13(14)18/h1-10H,(H,20,22)(H2,19,21,23)/b9-8+. The molecular formula is C16H13F2N3OS. The van der Waals surface area contributed by atoms with E-state index >= 15 is 0 Å². The molecule has 0 aliphatic carbocycles.